The highest BCUT2D eigenvalue weighted by molar-refractivity contribution is 9.10. The van der Waals surface area contributed by atoms with E-state index in [4.69, 9.17) is 10.5 Å². The monoisotopic (exact) mass is 337 g/mol. The van der Waals surface area contributed by atoms with Crippen LogP contribution in [-0.2, 0) is 0 Å². The highest BCUT2D eigenvalue weighted by atomic mass is 79.9. The fraction of sp³-hybridized carbons (Fsp3) is 0.154. The first-order valence-corrected chi connectivity index (χ1v) is 6.60. The largest absolute Gasteiger partial charge is 0.454 e. The molecule has 0 amide bonds. The summed E-state index contributed by atoms with van der Waals surface area (Å²) in [6.45, 7) is 1.83. The van der Waals surface area contributed by atoms with Crippen LogP contribution < -0.4 is 10.5 Å². The maximum Gasteiger partial charge on any atom is 0.287 e. The molecule has 7 heteroatoms. The summed E-state index contributed by atoms with van der Waals surface area (Å²) < 4.78 is 5.87. The molecule has 0 fully saturated rings. The molecule has 0 aliphatic heterocycles. The van der Waals surface area contributed by atoms with Crippen LogP contribution in [0.3, 0.4) is 0 Å². The summed E-state index contributed by atoms with van der Waals surface area (Å²) in [4.78, 5) is 14.5. The van der Waals surface area contributed by atoms with Crippen molar-refractivity contribution < 1.29 is 9.66 Å². The molecule has 0 unspecified atom stereocenters. The molecular weight excluding hydrogens is 326 g/mol. The van der Waals surface area contributed by atoms with Gasteiger partial charge in [-0.05, 0) is 41.1 Å². The Morgan fingerprint density at radius 1 is 1.40 bits per heavy atom. The van der Waals surface area contributed by atoms with Gasteiger partial charge in [0.25, 0.3) is 5.69 Å². The fourth-order valence-electron chi connectivity index (χ4n) is 1.57. The number of benzene rings is 1. The number of rotatable bonds is 4. The van der Waals surface area contributed by atoms with Gasteiger partial charge in [0.05, 0.1) is 16.8 Å². The van der Waals surface area contributed by atoms with E-state index in [9.17, 15) is 10.1 Å². The number of nitrogens with zero attached hydrogens (tertiary/aromatic N) is 2. The molecule has 104 valence electrons. The average Bonchev–Trinajstić information content (AvgIpc) is 2.41. The van der Waals surface area contributed by atoms with E-state index in [1.807, 2.05) is 6.92 Å². The average molecular weight is 338 g/mol. The lowest BCUT2D eigenvalue weighted by molar-refractivity contribution is -0.385. The molecule has 20 heavy (non-hydrogen) atoms. The predicted octanol–water partition coefficient (Wildman–Crippen LogP) is 3.56. The highest BCUT2D eigenvalue weighted by Gasteiger charge is 2.16. The fourth-order valence-corrected chi connectivity index (χ4v) is 2.06. The number of pyridine rings is 1. The van der Waals surface area contributed by atoms with Gasteiger partial charge in [-0.25, -0.2) is 0 Å². The van der Waals surface area contributed by atoms with Gasteiger partial charge in [-0.2, -0.15) is 0 Å². The smallest absolute Gasteiger partial charge is 0.287 e. The van der Waals surface area contributed by atoms with Crippen molar-refractivity contribution in [3.05, 3.63) is 56.8 Å². The molecule has 0 saturated heterocycles. The molecule has 0 aliphatic rings. The molecule has 2 N–H and O–H groups in total. The van der Waals surface area contributed by atoms with Crippen molar-refractivity contribution in [2.75, 3.05) is 0 Å². The molecular formula is C13H12BrN3O3. The van der Waals surface area contributed by atoms with Gasteiger partial charge in [0, 0.05) is 12.1 Å². The zero-order valence-corrected chi connectivity index (χ0v) is 12.2. The first kappa shape index (κ1) is 14.4. The Labute approximate surface area is 123 Å². The van der Waals surface area contributed by atoms with Crippen LogP contribution in [0.5, 0.6) is 11.5 Å². The number of aromatic nitrogens is 1. The summed E-state index contributed by atoms with van der Waals surface area (Å²) in [6.07, 6.45) is 1.53. The van der Waals surface area contributed by atoms with Gasteiger partial charge < -0.3 is 10.5 Å². The summed E-state index contributed by atoms with van der Waals surface area (Å²) in [5, 5.41) is 10.8. The van der Waals surface area contributed by atoms with Crippen LogP contribution in [0.15, 0.2) is 41.0 Å². The van der Waals surface area contributed by atoms with Crippen molar-refractivity contribution in [3.8, 4) is 11.5 Å². The second-order valence-electron chi connectivity index (χ2n) is 4.16. The van der Waals surface area contributed by atoms with Crippen LogP contribution in [0.2, 0.25) is 0 Å². The van der Waals surface area contributed by atoms with E-state index in [0.717, 1.165) is 5.69 Å². The minimum absolute atomic E-state index is 0.0531. The summed E-state index contributed by atoms with van der Waals surface area (Å²) in [6, 6.07) is 7.91. The molecule has 6 nitrogen and oxygen atoms in total. The standard InChI is InChI=1S/C13H12BrN3O3/c1-8(15)10-6-5-9(7-16-10)20-12-4-2-3-11(13(12)14)17(18)19/h2-8H,15H2,1H3/t8-/m1/s1. The molecule has 0 bridgehead atoms. The second kappa shape index (κ2) is 5.98. The zero-order chi connectivity index (χ0) is 14.7. The van der Waals surface area contributed by atoms with Crippen LogP contribution >= 0.6 is 15.9 Å². The molecule has 1 atom stereocenters. The summed E-state index contributed by atoms with van der Waals surface area (Å²) in [5.74, 6) is 0.838. The Hall–Kier alpha value is -1.99. The van der Waals surface area contributed by atoms with Crippen LogP contribution in [0.1, 0.15) is 18.7 Å². The van der Waals surface area contributed by atoms with Crippen LogP contribution in [0.25, 0.3) is 0 Å². The number of halogens is 1. The van der Waals surface area contributed by atoms with Crippen LogP contribution in [-0.4, -0.2) is 9.91 Å². The number of hydrogen-bond acceptors (Lipinski definition) is 5. The van der Waals surface area contributed by atoms with E-state index < -0.39 is 4.92 Å². The lowest BCUT2D eigenvalue weighted by Gasteiger charge is -2.09. The first-order valence-electron chi connectivity index (χ1n) is 5.81. The lowest BCUT2D eigenvalue weighted by atomic mass is 10.2. The third-order valence-corrected chi connectivity index (χ3v) is 3.39. The minimum atomic E-state index is -0.478. The predicted molar refractivity (Wildman–Crippen MR) is 77.7 cm³/mol. The van der Waals surface area contributed by atoms with Crippen molar-refractivity contribution in [1.29, 1.82) is 0 Å². The number of nitro groups is 1. The third kappa shape index (κ3) is 3.12. The van der Waals surface area contributed by atoms with E-state index in [-0.39, 0.29) is 11.7 Å². The van der Waals surface area contributed by atoms with Gasteiger partial charge in [0.15, 0.2) is 0 Å². The SMILES string of the molecule is C[C@@H](N)c1ccc(Oc2cccc([N+](=O)[O-])c2Br)cn1. The van der Waals surface area contributed by atoms with E-state index in [0.29, 0.717) is 16.0 Å². The Morgan fingerprint density at radius 3 is 2.70 bits per heavy atom. The molecule has 1 aromatic carbocycles. The Morgan fingerprint density at radius 2 is 2.15 bits per heavy atom. The highest BCUT2D eigenvalue weighted by Crippen LogP contribution is 2.36. The van der Waals surface area contributed by atoms with Gasteiger partial charge in [-0.3, -0.25) is 15.1 Å². The van der Waals surface area contributed by atoms with Crippen molar-refractivity contribution in [1.82, 2.24) is 4.98 Å². The Balaban J connectivity index is 2.26. The van der Waals surface area contributed by atoms with E-state index in [1.54, 1.807) is 24.3 Å². The van der Waals surface area contributed by atoms with Crippen molar-refractivity contribution in [2.45, 2.75) is 13.0 Å². The van der Waals surface area contributed by atoms with E-state index in [1.165, 1.54) is 12.3 Å². The van der Waals surface area contributed by atoms with Crippen molar-refractivity contribution in [2.24, 2.45) is 5.73 Å². The number of hydrogen-bond donors (Lipinski definition) is 1. The summed E-state index contributed by atoms with van der Waals surface area (Å²) in [7, 11) is 0. The number of nitrogens with two attached hydrogens (primary N) is 1. The van der Waals surface area contributed by atoms with Crippen molar-refractivity contribution in [3.63, 3.8) is 0 Å². The number of nitro benzene ring substituents is 1. The van der Waals surface area contributed by atoms with E-state index >= 15 is 0 Å². The molecule has 1 heterocycles. The summed E-state index contributed by atoms with van der Waals surface area (Å²) >= 11 is 3.17. The van der Waals surface area contributed by atoms with Gasteiger partial charge in [-0.15, -0.1) is 0 Å². The minimum Gasteiger partial charge on any atom is -0.454 e. The zero-order valence-electron chi connectivity index (χ0n) is 10.6. The van der Waals surface area contributed by atoms with Gasteiger partial charge in [0.2, 0.25) is 0 Å². The van der Waals surface area contributed by atoms with Gasteiger partial charge in [0.1, 0.15) is 16.0 Å². The molecule has 0 aliphatic carbocycles. The molecule has 0 spiro atoms. The molecule has 2 rings (SSSR count). The van der Waals surface area contributed by atoms with Gasteiger partial charge in [-0.1, -0.05) is 6.07 Å². The molecule has 1 aromatic heterocycles. The first-order chi connectivity index (χ1) is 9.49. The van der Waals surface area contributed by atoms with Gasteiger partial charge >= 0.3 is 0 Å². The second-order valence-corrected chi connectivity index (χ2v) is 4.95. The quantitative estimate of drug-likeness (QED) is 0.680. The topological polar surface area (TPSA) is 91.3 Å². The number of ether oxygens (including phenoxy) is 1. The maximum atomic E-state index is 10.8. The maximum absolute atomic E-state index is 10.8. The summed E-state index contributed by atoms with van der Waals surface area (Å²) in [5.41, 5.74) is 6.40. The van der Waals surface area contributed by atoms with Crippen molar-refractivity contribution >= 4 is 21.6 Å². The third-order valence-electron chi connectivity index (χ3n) is 2.59. The lowest BCUT2D eigenvalue weighted by Crippen LogP contribution is -2.06. The van der Waals surface area contributed by atoms with Crippen LogP contribution in [0.4, 0.5) is 5.69 Å². The molecule has 0 radical (unpaired) electrons. The molecule has 0 saturated carbocycles. The van der Waals surface area contributed by atoms with Crippen LogP contribution in [0, 0.1) is 10.1 Å². The van der Waals surface area contributed by atoms with E-state index in [2.05, 4.69) is 20.9 Å². The Kier molecular flexibility index (Phi) is 4.31. The normalized spacial score (nSPS) is 11.9. The Bertz CT molecular complexity index is 629. The molecule has 2 aromatic rings.